The Morgan fingerprint density at radius 3 is 2.88 bits per heavy atom. The third-order valence-corrected chi connectivity index (χ3v) is 2.47. The zero-order valence-electron chi connectivity index (χ0n) is 9.03. The van der Waals surface area contributed by atoms with Crippen LogP contribution in [0.4, 0.5) is 5.69 Å². The molecule has 1 N–H and O–H groups in total. The Kier molecular flexibility index (Phi) is 2.75. The van der Waals surface area contributed by atoms with E-state index in [2.05, 4.69) is 5.32 Å². The summed E-state index contributed by atoms with van der Waals surface area (Å²) in [6, 6.07) is 5.26. The number of carbonyl (C=O) groups is 1. The molecule has 0 fully saturated rings. The van der Waals surface area contributed by atoms with Crippen LogP contribution in [0, 0.1) is 0 Å². The lowest BCUT2D eigenvalue weighted by atomic mass is 10.1. The number of thiocarbonyl (C=S) groups is 1. The molecule has 0 spiro atoms. The van der Waals surface area contributed by atoms with Gasteiger partial charge in [0.1, 0.15) is 16.5 Å². The Bertz CT molecular complexity index is 506. The number of ketones is 1. The van der Waals surface area contributed by atoms with E-state index in [1.54, 1.807) is 24.3 Å². The highest BCUT2D eigenvalue weighted by molar-refractivity contribution is 7.81. The smallest absolute Gasteiger partial charge is 0.159 e. The molecule has 3 nitrogen and oxygen atoms in total. The fourth-order valence-electron chi connectivity index (χ4n) is 1.49. The highest BCUT2D eigenvalue weighted by Crippen LogP contribution is 2.29. The first-order valence-corrected chi connectivity index (χ1v) is 5.29. The van der Waals surface area contributed by atoms with Crippen LogP contribution in [0.1, 0.15) is 24.2 Å². The number of nitrogens with one attached hydrogen (secondary N) is 1. The van der Waals surface area contributed by atoms with Crippen molar-refractivity contribution >= 4 is 28.7 Å². The molecule has 0 bridgehead atoms. The number of rotatable bonds is 1. The first-order valence-electron chi connectivity index (χ1n) is 4.88. The van der Waals surface area contributed by atoms with Crippen LogP contribution >= 0.6 is 12.2 Å². The Balaban J connectivity index is 2.46. The molecular formula is C12H11NO2S. The molecule has 0 saturated carbocycles. The van der Waals surface area contributed by atoms with Gasteiger partial charge in [0.05, 0.1) is 5.69 Å². The van der Waals surface area contributed by atoms with Crippen LogP contribution in [-0.2, 0) is 0 Å². The summed E-state index contributed by atoms with van der Waals surface area (Å²) in [7, 11) is 0. The first kappa shape index (κ1) is 10.8. The lowest BCUT2D eigenvalue weighted by molar-refractivity contribution is 0.101. The van der Waals surface area contributed by atoms with Gasteiger partial charge in [-0.05, 0) is 32.0 Å². The normalized spacial score (nSPS) is 14.1. The number of Topliss-reactive ketones (excluding diaryl/α,β-unsaturated/α-hetero) is 1. The van der Waals surface area contributed by atoms with E-state index in [0.717, 1.165) is 11.4 Å². The fraction of sp³-hybridized carbons (Fsp3) is 0.167. The second kappa shape index (κ2) is 4.06. The zero-order valence-corrected chi connectivity index (χ0v) is 9.85. The molecule has 2 rings (SSSR count). The lowest BCUT2D eigenvalue weighted by Gasteiger charge is -2.09. The van der Waals surface area contributed by atoms with Gasteiger partial charge >= 0.3 is 0 Å². The number of allylic oxidation sites excluding steroid dienone is 1. The van der Waals surface area contributed by atoms with E-state index in [9.17, 15) is 4.79 Å². The molecule has 0 amide bonds. The van der Waals surface area contributed by atoms with Gasteiger partial charge in [-0.1, -0.05) is 12.2 Å². The molecule has 1 aliphatic rings. The molecule has 0 unspecified atom stereocenters. The van der Waals surface area contributed by atoms with Crippen LogP contribution in [0.3, 0.4) is 0 Å². The Labute approximate surface area is 99.1 Å². The van der Waals surface area contributed by atoms with Crippen LogP contribution in [0.5, 0.6) is 5.75 Å². The quantitative estimate of drug-likeness (QED) is 0.598. The van der Waals surface area contributed by atoms with Gasteiger partial charge in [0, 0.05) is 11.6 Å². The number of anilines is 1. The molecule has 0 aromatic heterocycles. The molecule has 1 aromatic carbocycles. The van der Waals surface area contributed by atoms with Gasteiger partial charge in [-0.2, -0.15) is 0 Å². The average molecular weight is 233 g/mol. The van der Waals surface area contributed by atoms with E-state index in [-0.39, 0.29) is 5.78 Å². The van der Waals surface area contributed by atoms with Crippen LogP contribution in [-0.4, -0.2) is 10.8 Å². The summed E-state index contributed by atoms with van der Waals surface area (Å²) in [6.45, 7) is 3.36. The lowest BCUT2D eigenvalue weighted by Crippen LogP contribution is -2.05. The highest BCUT2D eigenvalue weighted by Gasteiger charge is 2.12. The SMILES string of the molecule is CC(=O)c1ccc2c(c1)NC(=S)C=C(C)O2. The van der Waals surface area contributed by atoms with Crippen molar-refractivity contribution in [1.29, 1.82) is 0 Å². The van der Waals surface area contributed by atoms with Crippen molar-refractivity contribution < 1.29 is 9.53 Å². The predicted molar refractivity (Wildman–Crippen MR) is 67.1 cm³/mol. The Morgan fingerprint density at radius 1 is 1.44 bits per heavy atom. The van der Waals surface area contributed by atoms with Gasteiger partial charge < -0.3 is 10.1 Å². The van der Waals surface area contributed by atoms with Crippen molar-refractivity contribution in [3.63, 3.8) is 0 Å². The minimum atomic E-state index is 0.0180. The summed E-state index contributed by atoms with van der Waals surface area (Å²) >= 11 is 5.10. The highest BCUT2D eigenvalue weighted by atomic mass is 32.1. The van der Waals surface area contributed by atoms with Crippen molar-refractivity contribution in [2.45, 2.75) is 13.8 Å². The number of fused-ring (bicyclic) bond motifs is 1. The molecular weight excluding hydrogens is 222 g/mol. The number of hydrogen-bond donors (Lipinski definition) is 1. The summed E-state index contributed by atoms with van der Waals surface area (Å²) in [6.07, 6.45) is 1.74. The van der Waals surface area contributed by atoms with E-state index in [0.29, 0.717) is 16.3 Å². The Morgan fingerprint density at radius 2 is 2.19 bits per heavy atom. The minimum Gasteiger partial charge on any atom is -0.460 e. The van der Waals surface area contributed by atoms with Crippen molar-refractivity contribution in [2.24, 2.45) is 0 Å². The molecule has 0 saturated heterocycles. The molecule has 1 heterocycles. The van der Waals surface area contributed by atoms with E-state index < -0.39 is 0 Å². The van der Waals surface area contributed by atoms with Gasteiger partial charge in [-0.3, -0.25) is 4.79 Å². The summed E-state index contributed by atoms with van der Waals surface area (Å²) in [4.78, 5) is 11.8. The molecule has 0 atom stereocenters. The number of benzene rings is 1. The summed E-state index contributed by atoms with van der Waals surface area (Å²) in [5.41, 5.74) is 1.36. The summed E-state index contributed by atoms with van der Waals surface area (Å²) < 4.78 is 5.56. The van der Waals surface area contributed by atoms with Crippen LogP contribution < -0.4 is 10.1 Å². The van der Waals surface area contributed by atoms with E-state index in [1.807, 2.05) is 6.92 Å². The van der Waals surface area contributed by atoms with E-state index in [4.69, 9.17) is 17.0 Å². The number of carbonyl (C=O) groups excluding carboxylic acids is 1. The fourth-order valence-corrected chi connectivity index (χ4v) is 1.77. The number of ether oxygens (including phenoxy) is 1. The molecule has 4 heteroatoms. The first-order chi connectivity index (χ1) is 7.56. The molecule has 16 heavy (non-hydrogen) atoms. The van der Waals surface area contributed by atoms with Crippen LogP contribution in [0.2, 0.25) is 0 Å². The van der Waals surface area contributed by atoms with Gasteiger partial charge in [0.25, 0.3) is 0 Å². The third kappa shape index (κ3) is 2.12. The summed E-state index contributed by atoms with van der Waals surface area (Å²) in [5.74, 6) is 1.43. The predicted octanol–water partition coefficient (Wildman–Crippen LogP) is 2.92. The van der Waals surface area contributed by atoms with E-state index in [1.165, 1.54) is 6.92 Å². The van der Waals surface area contributed by atoms with Crippen LogP contribution in [0.25, 0.3) is 0 Å². The van der Waals surface area contributed by atoms with Crippen molar-refractivity contribution in [1.82, 2.24) is 0 Å². The van der Waals surface area contributed by atoms with Crippen molar-refractivity contribution in [3.05, 3.63) is 35.6 Å². The van der Waals surface area contributed by atoms with Gasteiger partial charge in [-0.25, -0.2) is 0 Å². The maximum atomic E-state index is 11.2. The minimum absolute atomic E-state index is 0.0180. The molecule has 1 aromatic rings. The maximum Gasteiger partial charge on any atom is 0.159 e. The Hall–Kier alpha value is -1.68. The standard InChI is InChI=1S/C12H11NO2S/c1-7-5-12(16)13-10-6-9(8(2)14)3-4-11(10)15-7/h3-6H,1-2H3,(H,13,16). The van der Waals surface area contributed by atoms with Crippen molar-refractivity contribution in [3.8, 4) is 5.75 Å². The van der Waals surface area contributed by atoms with Crippen molar-refractivity contribution in [2.75, 3.05) is 5.32 Å². The van der Waals surface area contributed by atoms with Gasteiger partial charge in [0.2, 0.25) is 0 Å². The topological polar surface area (TPSA) is 38.3 Å². The average Bonchev–Trinajstić information content (AvgIpc) is 2.32. The third-order valence-electron chi connectivity index (χ3n) is 2.25. The van der Waals surface area contributed by atoms with E-state index >= 15 is 0 Å². The second-order valence-electron chi connectivity index (χ2n) is 3.61. The molecule has 82 valence electrons. The second-order valence-corrected chi connectivity index (χ2v) is 4.05. The molecule has 0 radical (unpaired) electrons. The molecule has 1 aliphatic heterocycles. The monoisotopic (exact) mass is 233 g/mol. The van der Waals surface area contributed by atoms with Crippen LogP contribution in [0.15, 0.2) is 30.0 Å². The molecule has 0 aliphatic carbocycles. The maximum absolute atomic E-state index is 11.2. The zero-order chi connectivity index (χ0) is 11.7. The van der Waals surface area contributed by atoms with Gasteiger partial charge in [0.15, 0.2) is 5.78 Å². The summed E-state index contributed by atoms with van der Waals surface area (Å²) in [5, 5.41) is 3.03. The number of hydrogen-bond acceptors (Lipinski definition) is 3. The van der Waals surface area contributed by atoms with Gasteiger partial charge in [-0.15, -0.1) is 0 Å². The largest absolute Gasteiger partial charge is 0.460 e.